The minimum absolute atomic E-state index is 0.448. The summed E-state index contributed by atoms with van der Waals surface area (Å²) in [7, 11) is 2.01. The van der Waals surface area contributed by atoms with Crippen molar-refractivity contribution in [1.82, 2.24) is 4.98 Å². The van der Waals surface area contributed by atoms with Crippen LogP contribution in [0.3, 0.4) is 0 Å². The molecule has 1 aromatic heterocycles. The molecule has 0 saturated heterocycles. The Labute approximate surface area is 127 Å². The third kappa shape index (κ3) is 5.42. The van der Waals surface area contributed by atoms with Crippen molar-refractivity contribution in [3.63, 3.8) is 0 Å². The fourth-order valence-electron chi connectivity index (χ4n) is 1.87. The van der Waals surface area contributed by atoms with E-state index in [1.165, 1.54) is 12.8 Å². The number of aromatic nitrogens is 1. The lowest BCUT2D eigenvalue weighted by Gasteiger charge is -2.19. The van der Waals surface area contributed by atoms with E-state index in [9.17, 15) is 0 Å². The largest absolute Gasteiger partial charge is 0.476 e. The fraction of sp³-hybridized carbons (Fsp3) is 0.688. The Morgan fingerprint density at radius 1 is 1.38 bits per heavy atom. The molecule has 0 bridgehead atoms. The number of ether oxygens (including phenoxy) is 2. The van der Waals surface area contributed by atoms with Gasteiger partial charge in [0.15, 0.2) is 0 Å². The molecule has 1 saturated carbocycles. The molecule has 5 heteroatoms. The van der Waals surface area contributed by atoms with Gasteiger partial charge in [-0.15, -0.1) is 0 Å². The van der Waals surface area contributed by atoms with Gasteiger partial charge in [0.05, 0.1) is 18.9 Å². The Morgan fingerprint density at radius 3 is 2.81 bits per heavy atom. The second-order valence-corrected chi connectivity index (χ2v) is 6.21. The first-order valence-corrected chi connectivity index (χ1v) is 7.74. The van der Waals surface area contributed by atoms with Crippen LogP contribution in [-0.2, 0) is 4.74 Å². The molecule has 5 nitrogen and oxygen atoms in total. The Balaban J connectivity index is 1.83. The van der Waals surface area contributed by atoms with Crippen LogP contribution in [0.1, 0.15) is 26.7 Å². The fourth-order valence-corrected chi connectivity index (χ4v) is 1.87. The van der Waals surface area contributed by atoms with E-state index in [1.54, 1.807) is 0 Å². The van der Waals surface area contributed by atoms with E-state index in [0.717, 1.165) is 31.5 Å². The molecule has 1 aliphatic carbocycles. The van der Waals surface area contributed by atoms with E-state index in [4.69, 9.17) is 15.2 Å². The number of hydrogen-bond acceptors (Lipinski definition) is 5. The minimum Gasteiger partial charge on any atom is -0.476 e. The average molecular weight is 293 g/mol. The third-order valence-electron chi connectivity index (χ3n) is 3.44. The molecular formula is C16H27N3O2. The maximum atomic E-state index is 5.91. The highest BCUT2D eigenvalue weighted by atomic mass is 16.5. The molecule has 2 rings (SSSR count). The average Bonchev–Trinajstić information content (AvgIpc) is 3.26. The number of pyridine rings is 1. The van der Waals surface area contributed by atoms with Crippen molar-refractivity contribution < 1.29 is 9.47 Å². The summed E-state index contributed by atoms with van der Waals surface area (Å²) in [5, 5.41) is 0. The quantitative estimate of drug-likeness (QED) is 0.709. The van der Waals surface area contributed by atoms with Crippen LogP contribution >= 0.6 is 0 Å². The Bertz CT molecular complexity index is 447. The van der Waals surface area contributed by atoms with Gasteiger partial charge in [0.2, 0.25) is 5.88 Å². The first-order valence-electron chi connectivity index (χ1n) is 7.74. The maximum Gasteiger partial charge on any atom is 0.239 e. The molecule has 21 heavy (non-hydrogen) atoms. The summed E-state index contributed by atoms with van der Waals surface area (Å²) in [4.78, 5) is 6.56. The van der Waals surface area contributed by atoms with Gasteiger partial charge in [-0.3, -0.25) is 0 Å². The lowest BCUT2D eigenvalue weighted by Crippen LogP contribution is -2.24. The zero-order valence-corrected chi connectivity index (χ0v) is 13.3. The second kappa shape index (κ2) is 7.50. The lowest BCUT2D eigenvalue weighted by atomic mass is 10.2. The van der Waals surface area contributed by atoms with E-state index in [2.05, 4.69) is 23.7 Å². The summed E-state index contributed by atoms with van der Waals surface area (Å²) >= 11 is 0. The zero-order chi connectivity index (χ0) is 15.2. The highest BCUT2D eigenvalue weighted by molar-refractivity contribution is 5.54. The van der Waals surface area contributed by atoms with Crippen molar-refractivity contribution in [3.8, 4) is 5.88 Å². The van der Waals surface area contributed by atoms with Crippen LogP contribution < -0.4 is 15.4 Å². The van der Waals surface area contributed by atoms with Gasteiger partial charge in [0, 0.05) is 20.2 Å². The number of likely N-dealkylation sites (N-methyl/N-ethyl adjacent to an activating group) is 1. The predicted octanol–water partition coefficient (Wildman–Crippen LogP) is 2.56. The second-order valence-electron chi connectivity index (χ2n) is 6.21. The Hall–Kier alpha value is -1.49. The Morgan fingerprint density at radius 2 is 2.14 bits per heavy atom. The summed E-state index contributed by atoms with van der Waals surface area (Å²) in [5.74, 6) is 2.63. The van der Waals surface area contributed by atoms with Crippen LogP contribution in [-0.4, -0.2) is 38.4 Å². The lowest BCUT2D eigenvalue weighted by molar-refractivity contribution is 0.130. The SMILES string of the molecule is CC(C)COc1nc(N(C)CCOCC2CC2)ccc1N. The van der Waals surface area contributed by atoms with Crippen LogP contribution in [0.15, 0.2) is 12.1 Å². The van der Waals surface area contributed by atoms with E-state index in [1.807, 2.05) is 19.2 Å². The van der Waals surface area contributed by atoms with Gasteiger partial charge in [-0.25, -0.2) is 0 Å². The van der Waals surface area contributed by atoms with E-state index in [0.29, 0.717) is 24.1 Å². The smallest absolute Gasteiger partial charge is 0.239 e. The van der Waals surface area contributed by atoms with Crippen molar-refractivity contribution in [2.45, 2.75) is 26.7 Å². The van der Waals surface area contributed by atoms with Crippen LogP contribution in [0.2, 0.25) is 0 Å². The molecule has 0 spiro atoms. The number of hydrogen-bond donors (Lipinski definition) is 1. The summed E-state index contributed by atoms with van der Waals surface area (Å²) < 4.78 is 11.3. The molecule has 2 N–H and O–H groups in total. The number of nitrogens with zero attached hydrogens (tertiary/aromatic N) is 2. The van der Waals surface area contributed by atoms with Crippen LogP contribution in [0, 0.1) is 11.8 Å². The molecular weight excluding hydrogens is 266 g/mol. The van der Waals surface area contributed by atoms with Crippen LogP contribution in [0.5, 0.6) is 5.88 Å². The normalized spacial score (nSPS) is 14.5. The van der Waals surface area contributed by atoms with Crippen LogP contribution in [0.4, 0.5) is 11.5 Å². The molecule has 0 amide bonds. The number of nitrogens with two attached hydrogens (primary N) is 1. The zero-order valence-electron chi connectivity index (χ0n) is 13.3. The van der Waals surface area contributed by atoms with Crippen molar-refractivity contribution in [2.75, 3.05) is 44.0 Å². The van der Waals surface area contributed by atoms with E-state index >= 15 is 0 Å². The molecule has 1 fully saturated rings. The number of nitrogen functional groups attached to an aromatic ring is 1. The number of rotatable bonds is 9. The molecule has 1 aromatic rings. The van der Waals surface area contributed by atoms with E-state index in [-0.39, 0.29) is 0 Å². The molecule has 118 valence electrons. The molecule has 0 atom stereocenters. The van der Waals surface area contributed by atoms with Crippen molar-refractivity contribution in [1.29, 1.82) is 0 Å². The van der Waals surface area contributed by atoms with E-state index < -0.39 is 0 Å². The molecule has 0 aliphatic heterocycles. The molecule has 0 unspecified atom stereocenters. The summed E-state index contributed by atoms with van der Waals surface area (Å²) in [5.41, 5.74) is 6.49. The van der Waals surface area contributed by atoms with Crippen molar-refractivity contribution >= 4 is 11.5 Å². The molecule has 0 radical (unpaired) electrons. The predicted molar refractivity (Wildman–Crippen MR) is 85.8 cm³/mol. The summed E-state index contributed by atoms with van der Waals surface area (Å²) in [6.07, 6.45) is 2.65. The van der Waals surface area contributed by atoms with Gasteiger partial charge in [0.1, 0.15) is 5.82 Å². The van der Waals surface area contributed by atoms with Gasteiger partial charge < -0.3 is 20.1 Å². The van der Waals surface area contributed by atoms with Gasteiger partial charge in [-0.2, -0.15) is 4.98 Å². The minimum atomic E-state index is 0.448. The van der Waals surface area contributed by atoms with Gasteiger partial charge >= 0.3 is 0 Å². The Kier molecular flexibility index (Phi) is 5.67. The highest BCUT2D eigenvalue weighted by Gasteiger charge is 2.21. The standard InChI is InChI=1S/C16H27N3O2/c1-12(2)10-21-16-14(17)6-7-15(18-16)19(3)8-9-20-11-13-4-5-13/h6-7,12-13H,4-5,8-11,17H2,1-3H3. The third-order valence-corrected chi connectivity index (χ3v) is 3.44. The number of anilines is 2. The molecule has 1 heterocycles. The van der Waals surface area contributed by atoms with Gasteiger partial charge in [-0.1, -0.05) is 13.8 Å². The van der Waals surface area contributed by atoms with Crippen LogP contribution in [0.25, 0.3) is 0 Å². The molecule has 1 aliphatic rings. The first-order chi connectivity index (χ1) is 10.1. The van der Waals surface area contributed by atoms with Crippen molar-refractivity contribution in [2.24, 2.45) is 11.8 Å². The van der Waals surface area contributed by atoms with Gasteiger partial charge in [0.25, 0.3) is 0 Å². The maximum absolute atomic E-state index is 5.91. The highest BCUT2D eigenvalue weighted by Crippen LogP contribution is 2.28. The van der Waals surface area contributed by atoms with Crippen molar-refractivity contribution in [3.05, 3.63) is 12.1 Å². The topological polar surface area (TPSA) is 60.6 Å². The van der Waals surface area contributed by atoms with Gasteiger partial charge in [-0.05, 0) is 36.8 Å². The summed E-state index contributed by atoms with van der Waals surface area (Å²) in [6, 6.07) is 3.76. The first kappa shape index (κ1) is 15.9. The summed E-state index contributed by atoms with van der Waals surface area (Å²) in [6.45, 7) is 7.25. The monoisotopic (exact) mass is 293 g/mol. The molecule has 0 aromatic carbocycles.